The Balaban J connectivity index is 1.88. The summed E-state index contributed by atoms with van der Waals surface area (Å²) in [5.41, 5.74) is 8.44. The molecule has 2 atom stereocenters. The maximum absolute atomic E-state index is 12.9. The molecule has 1 aromatic carbocycles. The van der Waals surface area contributed by atoms with Crippen LogP contribution in [0, 0.1) is 6.92 Å². The van der Waals surface area contributed by atoms with Gasteiger partial charge in [0.2, 0.25) is 0 Å². The Morgan fingerprint density at radius 2 is 2.22 bits per heavy atom. The normalized spacial score (nSPS) is 21.5. The monoisotopic (exact) mass is 376 g/mol. The van der Waals surface area contributed by atoms with Gasteiger partial charge in [0.25, 0.3) is 5.91 Å². The summed E-state index contributed by atoms with van der Waals surface area (Å²) in [7, 11) is 0. The molecule has 1 saturated heterocycles. The quantitative estimate of drug-likeness (QED) is 0.876. The van der Waals surface area contributed by atoms with Crippen LogP contribution in [0.25, 0.3) is 5.69 Å². The lowest BCUT2D eigenvalue weighted by Crippen LogP contribution is -2.48. The van der Waals surface area contributed by atoms with Crippen LogP contribution in [0.3, 0.4) is 0 Å². The van der Waals surface area contributed by atoms with E-state index >= 15 is 0 Å². The second kappa shape index (κ2) is 6.45. The number of nitrogens with zero attached hydrogens (tertiary/aromatic N) is 3. The van der Waals surface area contributed by atoms with E-state index in [0.29, 0.717) is 12.1 Å². The number of likely N-dealkylation sites (tertiary alicyclic amines) is 1. The number of rotatable bonds is 2. The van der Waals surface area contributed by atoms with Crippen LogP contribution in [0.15, 0.2) is 34.9 Å². The average molecular weight is 377 g/mol. The smallest absolute Gasteiger partial charge is 0.257 e. The van der Waals surface area contributed by atoms with Crippen molar-refractivity contribution in [1.29, 1.82) is 0 Å². The highest BCUT2D eigenvalue weighted by atomic mass is 79.9. The summed E-state index contributed by atoms with van der Waals surface area (Å²) in [6.45, 7) is 4.70. The molecule has 0 aliphatic carbocycles. The van der Waals surface area contributed by atoms with Crippen molar-refractivity contribution in [2.24, 2.45) is 5.73 Å². The van der Waals surface area contributed by atoms with E-state index in [-0.39, 0.29) is 18.0 Å². The summed E-state index contributed by atoms with van der Waals surface area (Å²) in [5, 5.41) is 4.41. The number of halogens is 1. The van der Waals surface area contributed by atoms with Crippen molar-refractivity contribution in [3.05, 3.63) is 46.2 Å². The number of amides is 1. The van der Waals surface area contributed by atoms with Crippen LogP contribution in [-0.2, 0) is 0 Å². The zero-order chi connectivity index (χ0) is 16.6. The first kappa shape index (κ1) is 16.2. The molecular formula is C17H21BrN4O. The van der Waals surface area contributed by atoms with E-state index in [4.69, 9.17) is 5.73 Å². The lowest BCUT2D eigenvalue weighted by atomic mass is 9.98. The predicted octanol–water partition coefficient (Wildman–Crippen LogP) is 2.90. The third kappa shape index (κ3) is 3.19. The molecule has 1 amide bonds. The Hall–Kier alpha value is -1.66. The second-order valence-electron chi connectivity index (χ2n) is 6.17. The minimum absolute atomic E-state index is 0.0446. The van der Waals surface area contributed by atoms with Gasteiger partial charge in [-0.3, -0.25) is 4.79 Å². The minimum Gasteiger partial charge on any atom is -0.336 e. The van der Waals surface area contributed by atoms with Gasteiger partial charge in [-0.05, 0) is 44.9 Å². The molecule has 6 heteroatoms. The molecule has 23 heavy (non-hydrogen) atoms. The van der Waals surface area contributed by atoms with Crippen molar-refractivity contribution >= 4 is 21.8 Å². The third-order valence-electron chi connectivity index (χ3n) is 4.47. The van der Waals surface area contributed by atoms with E-state index in [1.54, 1.807) is 10.9 Å². The van der Waals surface area contributed by atoms with E-state index in [0.717, 1.165) is 28.7 Å². The minimum atomic E-state index is 0.0446. The largest absolute Gasteiger partial charge is 0.336 e. The van der Waals surface area contributed by atoms with Gasteiger partial charge in [0.1, 0.15) is 0 Å². The van der Waals surface area contributed by atoms with Crippen molar-refractivity contribution in [3.63, 3.8) is 0 Å². The van der Waals surface area contributed by atoms with E-state index < -0.39 is 0 Å². The molecule has 1 fully saturated rings. The maximum atomic E-state index is 12.9. The zero-order valence-electron chi connectivity index (χ0n) is 13.4. The molecule has 2 aromatic rings. The summed E-state index contributed by atoms with van der Waals surface area (Å²) in [4.78, 5) is 14.8. The van der Waals surface area contributed by atoms with Gasteiger partial charge in [-0.1, -0.05) is 22.0 Å². The fourth-order valence-corrected chi connectivity index (χ4v) is 3.54. The van der Waals surface area contributed by atoms with Crippen molar-refractivity contribution in [2.75, 3.05) is 6.54 Å². The SMILES string of the molecule is Cc1c(C(=O)N2CCC(N)CC2C)cnn1-c1cccc(Br)c1. The molecule has 0 spiro atoms. The predicted molar refractivity (Wildman–Crippen MR) is 93.7 cm³/mol. The highest BCUT2D eigenvalue weighted by molar-refractivity contribution is 9.10. The van der Waals surface area contributed by atoms with Gasteiger partial charge in [-0.25, -0.2) is 4.68 Å². The summed E-state index contributed by atoms with van der Waals surface area (Å²) in [6.07, 6.45) is 3.37. The highest BCUT2D eigenvalue weighted by Crippen LogP contribution is 2.22. The van der Waals surface area contributed by atoms with E-state index in [1.807, 2.05) is 36.1 Å². The third-order valence-corrected chi connectivity index (χ3v) is 4.96. The number of hydrogen-bond donors (Lipinski definition) is 1. The maximum Gasteiger partial charge on any atom is 0.257 e. The molecule has 2 heterocycles. The highest BCUT2D eigenvalue weighted by Gasteiger charge is 2.29. The van der Waals surface area contributed by atoms with Crippen LogP contribution in [0.4, 0.5) is 0 Å². The van der Waals surface area contributed by atoms with Crippen LogP contribution in [-0.4, -0.2) is 39.2 Å². The Morgan fingerprint density at radius 1 is 1.43 bits per heavy atom. The van der Waals surface area contributed by atoms with Crippen molar-refractivity contribution in [1.82, 2.24) is 14.7 Å². The van der Waals surface area contributed by atoms with Crippen molar-refractivity contribution in [3.8, 4) is 5.69 Å². The molecule has 5 nitrogen and oxygen atoms in total. The Labute approximate surface area is 144 Å². The van der Waals surface area contributed by atoms with Crippen LogP contribution < -0.4 is 5.73 Å². The number of benzene rings is 1. The standard InChI is InChI=1S/C17H21BrN4O/c1-11-8-14(19)6-7-21(11)17(23)16-10-20-22(12(16)2)15-5-3-4-13(18)9-15/h3-5,9-11,14H,6-8,19H2,1-2H3. The summed E-state index contributed by atoms with van der Waals surface area (Å²) < 4.78 is 2.79. The molecule has 0 saturated carbocycles. The Bertz CT molecular complexity index is 727. The molecule has 0 bridgehead atoms. The molecule has 2 unspecified atom stereocenters. The Kier molecular flexibility index (Phi) is 4.55. The topological polar surface area (TPSA) is 64.2 Å². The second-order valence-corrected chi connectivity index (χ2v) is 7.08. The summed E-state index contributed by atoms with van der Waals surface area (Å²) in [5.74, 6) is 0.0446. The van der Waals surface area contributed by atoms with Crippen molar-refractivity contribution in [2.45, 2.75) is 38.8 Å². The van der Waals surface area contributed by atoms with Gasteiger partial charge in [0, 0.05) is 23.1 Å². The lowest BCUT2D eigenvalue weighted by Gasteiger charge is -2.36. The number of carbonyl (C=O) groups excluding carboxylic acids is 1. The number of piperidine rings is 1. The van der Waals surface area contributed by atoms with Crippen molar-refractivity contribution < 1.29 is 4.79 Å². The molecule has 1 aliphatic heterocycles. The van der Waals surface area contributed by atoms with Crippen LogP contribution >= 0.6 is 15.9 Å². The first-order valence-electron chi connectivity index (χ1n) is 7.84. The molecule has 122 valence electrons. The molecule has 0 radical (unpaired) electrons. The van der Waals surface area contributed by atoms with Crippen LogP contribution in [0.5, 0.6) is 0 Å². The van der Waals surface area contributed by atoms with Gasteiger partial charge in [-0.2, -0.15) is 5.10 Å². The Morgan fingerprint density at radius 3 is 2.91 bits per heavy atom. The van der Waals surface area contributed by atoms with Gasteiger partial charge >= 0.3 is 0 Å². The number of nitrogens with two attached hydrogens (primary N) is 1. The first-order chi connectivity index (χ1) is 11.0. The molecule has 3 rings (SSSR count). The van der Waals surface area contributed by atoms with Gasteiger partial charge in [-0.15, -0.1) is 0 Å². The summed E-state index contributed by atoms with van der Waals surface area (Å²) >= 11 is 3.47. The zero-order valence-corrected chi connectivity index (χ0v) is 15.0. The van der Waals surface area contributed by atoms with Gasteiger partial charge < -0.3 is 10.6 Å². The van der Waals surface area contributed by atoms with Gasteiger partial charge in [0.15, 0.2) is 0 Å². The summed E-state index contributed by atoms with van der Waals surface area (Å²) in [6, 6.07) is 8.24. The van der Waals surface area contributed by atoms with Crippen LogP contribution in [0.2, 0.25) is 0 Å². The number of aromatic nitrogens is 2. The molecular weight excluding hydrogens is 356 g/mol. The van der Waals surface area contributed by atoms with E-state index in [2.05, 4.69) is 28.0 Å². The number of carbonyl (C=O) groups is 1. The van der Waals surface area contributed by atoms with E-state index in [9.17, 15) is 4.79 Å². The average Bonchev–Trinajstić information content (AvgIpc) is 2.88. The van der Waals surface area contributed by atoms with E-state index in [1.165, 1.54) is 0 Å². The van der Waals surface area contributed by atoms with Crippen LogP contribution in [0.1, 0.15) is 35.8 Å². The first-order valence-corrected chi connectivity index (χ1v) is 8.64. The fraction of sp³-hybridized carbons (Fsp3) is 0.412. The number of hydrogen-bond acceptors (Lipinski definition) is 3. The molecule has 1 aromatic heterocycles. The fourth-order valence-electron chi connectivity index (χ4n) is 3.15. The van der Waals surface area contributed by atoms with Gasteiger partial charge in [0.05, 0.1) is 23.1 Å². The molecule has 1 aliphatic rings. The lowest BCUT2D eigenvalue weighted by molar-refractivity contribution is 0.0618. The molecule has 2 N–H and O–H groups in total.